The third-order valence-electron chi connectivity index (χ3n) is 2.05. The zero-order valence-corrected chi connectivity index (χ0v) is 9.25. The van der Waals surface area contributed by atoms with Crippen LogP contribution in [-0.2, 0) is 6.54 Å². The SMILES string of the molecule is Cc1cnc(CNc2cnc(C#N)cn2)cn1. The van der Waals surface area contributed by atoms with Crippen molar-refractivity contribution in [2.75, 3.05) is 5.32 Å². The number of hydrogen-bond donors (Lipinski definition) is 1. The van der Waals surface area contributed by atoms with Gasteiger partial charge in [0.1, 0.15) is 11.9 Å². The van der Waals surface area contributed by atoms with E-state index in [4.69, 9.17) is 5.26 Å². The Morgan fingerprint density at radius 1 is 1.12 bits per heavy atom. The highest BCUT2D eigenvalue weighted by molar-refractivity contribution is 5.33. The third-order valence-corrected chi connectivity index (χ3v) is 2.05. The predicted molar refractivity (Wildman–Crippen MR) is 60.8 cm³/mol. The summed E-state index contributed by atoms with van der Waals surface area (Å²) in [4.78, 5) is 16.3. The molecule has 2 heterocycles. The molecule has 1 N–H and O–H groups in total. The monoisotopic (exact) mass is 226 g/mol. The molecule has 17 heavy (non-hydrogen) atoms. The van der Waals surface area contributed by atoms with Crippen LogP contribution in [0.1, 0.15) is 17.1 Å². The van der Waals surface area contributed by atoms with Crippen molar-refractivity contribution in [3.05, 3.63) is 41.9 Å². The zero-order valence-electron chi connectivity index (χ0n) is 9.25. The van der Waals surface area contributed by atoms with Crippen LogP contribution >= 0.6 is 0 Å². The summed E-state index contributed by atoms with van der Waals surface area (Å²) in [5.74, 6) is 0.603. The number of aryl methyl sites for hydroxylation is 1. The van der Waals surface area contributed by atoms with Gasteiger partial charge in [-0.1, -0.05) is 0 Å². The summed E-state index contributed by atoms with van der Waals surface area (Å²) in [7, 11) is 0. The molecule has 0 atom stereocenters. The molecule has 6 heteroatoms. The van der Waals surface area contributed by atoms with Gasteiger partial charge in [0.2, 0.25) is 0 Å². The fourth-order valence-electron chi connectivity index (χ4n) is 1.17. The number of nitrogens with one attached hydrogen (secondary N) is 1. The second kappa shape index (κ2) is 4.99. The number of rotatable bonds is 3. The Kier molecular flexibility index (Phi) is 3.21. The first-order valence-electron chi connectivity index (χ1n) is 5.01. The van der Waals surface area contributed by atoms with Crippen LogP contribution in [0, 0.1) is 18.3 Å². The van der Waals surface area contributed by atoms with Crippen molar-refractivity contribution in [3.8, 4) is 6.07 Å². The minimum absolute atomic E-state index is 0.297. The van der Waals surface area contributed by atoms with E-state index in [2.05, 4.69) is 25.3 Å². The van der Waals surface area contributed by atoms with Gasteiger partial charge >= 0.3 is 0 Å². The molecule has 84 valence electrons. The molecule has 0 saturated carbocycles. The van der Waals surface area contributed by atoms with Crippen molar-refractivity contribution in [2.24, 2.45) is 0 Å². The molecule has 0 aliphatic heterocycles. The summed E-state index contributed by atoms with van der Waals surface area (Å²) >= 11 is 0. The molecule has 0 fully saturated rings. The summed E-state index contributed by atoms with van der Waals surface area (Å²) in [6.45, 7) is 2.41. The second-order valence-electron chi connectivity index (χ2n) is 3.40. The van der Waals surface area contributed by atoms with Gasteiger partial charge in [-0.2, -0.15) is 5.26 Å². The molecule has 0 aliphatic rings. The molecular formula is C11H10N6. The minimum atomic E-state index is 0.297. The lowest BCUT2D eigenvalue weighted by molar-refractivity contribution is 0.971. The average molecular weight is 226 g/mol. The Bertz CT molecular complexity index is 525. The molecule has 0 spiro atoms. The molecule has 0 radical (unpaired) electrons. The minimum Gasteiger partial charge on any atom is -0.363 e. The van der Waals surface area contributed by atoms with Gasteiger partial charge in [-0.05, 0) is 6.92 Å². The van der Waals surface area contributed by atoms with E-state index >= 15 is 0 Å². The van der Waals surface area contributed by atoms with Crippen LogP contribution in [-0.4, -0.2) is 19.9 Å². The lowest BCUT2D eigenvalue weighted by Gasteiger charge is -2.04. The van der Waals surface area contributed by atoms with Crippen LogP contribution < -0.4 is 5.32 Å². The molecular weight excluding hydrogens is 216 g/mol. The van der Waals surface area contributed by atoms with Crippen molar-refractivity contribution in [1.29, 1.82) is 5.26 Å². The van der Waals surface area contributed by atoms with E-state index in [1.807, 2.05) is 13.0 Å². The summed E-state index contributed by atoms with van der Waals surface area (Å²) in [5.41, 5.74) is 2.00. The number of nitrogens with zero attached hydrogens (tertiary/aromatic N) is 5. The Hall–Kier alpha value is -2.55. The van der Waals surface area contributed by atoms with Crippen molar-refractivity contribution < 1.29 is 0 Å². The van der Waals surface area contributed by atoms with Gasteiger partial charge in [0.25, 0.3) is 0 Å². The first-order chi connectivity index (χ1) is 8.28. The van der Waals surface area contributed by atoms with Crippen LogP contribution in [0.15, 0.2) is 24.8 Å². The second-order valence-corrected chi connectivity index (χ2v) is 3.40. The summed E-state index contributed by atoms with van der Waals surface area (Å²) in [6, 6.07) is 1.91. The summed E-state index contributed by atoms with van der Waals surface area (Å²) < 4.78 is 0. The van der Waals surface area contributed by atoms with E-state index in [-0.39, 0.29) is 0 Å². The smallest absolute Gasteiger partial charge is 0.158 e. The number of hydrogen-bond acceptors (Lipinski definition) is 6. The quantitative estimate of drug-likeness (QED) is 0.841. The molecule has 2 aromatic heterocycles. The topological polar surface area (TPSA) is 87.4 Å². The summed E-state index contributed by atoms with van der Waals surface area (Å²) in [5, 5.41) is 11.6. The predicted octanol–water partition coefficient (Wildman–Crippen LogP) is 1.06. The maximum atomic E-state index is 8.57. The molecule has 0 unspecified atom stereocenters. The summed E-state index contributed by atoms with van der Waals surface area (Å²) in [6.07, 6.45) is 6.35. The Labute approximate surface area is 98.4 Å². The van der Waals surface area contributed by atoms with Gasteiger partial charge in [0.05, 0.1) is 36.5 Å². The van der Waals surface area contributed by atoms with Crippen molar-refractivity contribution >= 4 is 5.82 Å². The Morgan fingerprint density at radius 3 is 2.59 bits per heavy atom. The molecule has 0 aromatic carbocycles. The van der Waals surface area contributed by atoms with Crippen LogP contribution in [0.2, 0.25) is 0 Å². The van der Waals surface area contributed by atoms with E-state index in [1.165, 1.54) is 12.4 Å². The standard InChI is InChI=1S/C11H10N6/c1-8-3-14-10(5-13-8)6-17-11-7-15-9(2-12)4-16-11/h3-5,7H,6H2,1H3,(H,16,17). The fraction of sp³-hybridized carbons (Fsp3) is 0.182. The molecule has 0 aliphatic carbocycles. The van der Waals surface area contributed by atoms with Gasteiger partial charge in [-0.15, -0.1) is 0 Å². The van der Waals surface area contributed by atoms with E-state index < -0.39 is 0 Å². The van der Waals surface area contributed by atoms with Gasteiger partial charge in [0.15, 0.2) is 5.69 Å². The van der Waals surface area contributed by atoms with Crippen LogP contribution in [0.3, 0.4) is 0 Å². The van der Waals surface area contributed by atoms with Gasteiger partial charge in [-0.25, -0.2) is 9.97 Å². The number of nitriles is 1. The highest BCUT2D eigenvalue weighted by Gasteiger charge is 1.98. The maximum absolute atomic E-state index is 8.57. The first-order valence-corrected chi connectivity index (χ1v) is 5.01. The average Bonchev–Trinajstić information content (AvgIpc) is 2.39. The highest BCUT2D eigenvalue weighted by Crippen LogP contribution is 2.02. The molecule has 0 amide bonds. The van der Waals surface area contributed by atoms with E-state index in [1.54, 1.807) is 12.4 Å². The van der Waals surface area contributed by atoms with E-state index in [9.17, 15) is 0 Å². The van der Waals surface area contributed by atoms with Crippen molar-refractivity contribution in [3.63, 3.8) is 0 Å². The van der Waals surface area contributed by atoms with E-state index in [0.717, 1.165) is 11.4 Å². The molecule has 0 bridgehead atoms. The highest BCUT2D eigenvalue weighted by atomic mass is 15.0. The molecule has 0 saturated heterocycles. The largest absolute Gasteiger partial charge is 0.363 e. The lowest BCUT2D eigenvalue weighted by Crippen LogP contribution is -2.04. The van der Waals surface area contributed by atoms with E-state index in [0.29, 0.717) is 18.1 Å². The molecule has 2 aromatic rings. The fourth-order valence-corrected chi connectivity index (χ4v) is 1.17. The molecule has 2 rings (SSSR count). The number of aromatic nitrogens is 4. The molecule has 6 nitrogen and oxygen atoms in total. The normalized spacial score (nSPS) is 9.65. The van der Waals surface area contributed by atoms with Crippen molar-refractivity contribution in [1.82, 2.24) is 19.9 Å². The van der Waals surface area contributed by atoms with Crippen LogP contribution in [0.25, 0.3) is 0 Å². The Morgan fingerprint density at radius 2 is 2.00 bits per heavy atom. The third kappa shape index (κ3) is 2.95. The lowest BCUT2D eigenvalue weighted by atomic mass is 10.4. The van der Waals surface area contributed by atoms with Crippen LogP contribution in [0.5, 0.6) is 0 Å². The Balaban J connectivity index is 1.98. The van der Waals surface area contributed by atoms with Gasteiger partial charge < -0.3 is 5.32 Å². The van der Waals surface area contributed by atoms with Gasteiger partial charge in [0, 0.05) is 6.20 Å². The first kappa shape index (κ1) is 11.0. The van der Waals surface area contributed by atoms with Crippen LogP contribution in [0.4, 0.5) is 5.82 Å². The van der Waals surface area contributed by atoms with Gasteiger partial charge in [-0.3, -0.25) is 9.97 Å². The zero-order chi connectivity index (χ0) is 12.1. The maximum Gasteiger partial charge on any atom is 0.158 e. The number of anilines is 1. The van der Waals surface area contributed by atoms with Crippen molar-refractivity contribution in [2.45, 2.75) is 13.5 Å².